The molecule has 0 aromatic carbocycles. The molecule has 8 nitrogen and oxygen atoms in total. The maximum Gasteiger partial charge on any atom is 0.252 e. The van der Waals surface area contributed by atoms with E-state index in [0.29, 0.717) is 24.8 Å². The van der Waals surface area contributed by atoms with Crippen LogP contribution >= 0.6 is 11.8 Å². The quantitative estimate of drug-likeness (QED) is 0.594. The molecule has 5 rings (SSSR count). The largest absolute Gasteiger partial charge is 0.318 e. The van der Waals surface area contributed by atoms with E-state index in [9.17, 15) is 14.4 Å². The highest BCUT2D eigenvalue weighted by Gasteiger charge is 2.50. The molecule has 3 amide bonds. The summed E-state index contributed by atoms with van der Waals surface area (Å²) in [7, 11) is 0. The summed E-state index contributed by atoms with van der Waals surface area (Å²) in [6, 6.07) is 0.468. The van der Waals surface area contributed by atoms with Gasteiger partial charge in [0.25, 0.3) is 5.91 Å². The van der Waals surface area contributed by atoms with Crippen molar-refractivity contribution in [2.45, 2.75) is 80.4 Å². The summed E-state index contributed by atoms with van der Waals surface area (Å²) in [5, 5.41) is 12.0. The molecular weight excluding hydrogens is 378 g/mol. The first-order valence-corrected chi connectivity index (χ1v) is 11.3. The number of thioether (sulfide) groups is 1. The van der Waals surface area contributed by atoms with Gasteiger partial charge in [-0.25, -0.2) is 0 Å². The maximum absolute atomic E-state index is 13.1. The van der Waals surface area contributed by atoms with Gasteiger partial charge in [-0.05, 0) is 38.5 Å². The van der Waals surface area contributed by atoms with E-state index >= 15 is 0 Å². The second-order valence-electron chi connectivity index (χ2n) is 8.45. The van der Waals surface area contributed by atoms with E-state index in [1.54, 1.807) is 4.90 Å². The van der Waals surface area contributed by atoms with E-state index in [2.05, 4.69) is 20.1 Å². The molecule has 1 saturated heterocycles. The molecule has 1 aromatic rings. The van der Waals surface area contributed by atoms with Gasteiger partial charge in [-0.15, -0.1) is 10.2 Å². The van der Waals surface area contributed by atoms with Gasteiger partial charge < -0.3 is 9.47 Å². The lowest BCUT2D eigenvalue weighted by Gasteiger charge is -2.47. The number of rotatable bonds is 5. The molecule has 1 N–H and O–H groups in total. The molecule has 28 heavy (non-hydrogen) atoms. The molecule has 9 heteroatoms. The van der Waals surface area contributed by atoms with Crippen LogP contribution in [0.3, 0.4) is 0 Å². The summed E-state index contributed by atoms with van der Waals surface area (Å²) < 4.78 is 2.22. The number of aromatic nitrogens is 3. The van der Waals surface area contributed by atoms with Crippen molar-refractivity contribution in [3.63, 3.8) is 0 Å². The second kappa shape index (κ2) is 6.86. The zero-order valence-electron chi connectivity index (χ0n) is 15.9. The summed E-state index contributed by atoms with van der Waals surface area (Å²) in [6.07, 6.45) is 8.75. The van der Waals surface area contributed by atoms with Crippen LogP contribution < -0.4 is 5.32 Å². The zero-order chi connectivity index (χ0) is 19.3. The summed E-state index contributed by atoms with van der Waals surface area (Å²) in [6.45, 7) is -0.0340. The van der Waals surface area contributed by atoms with Crippen molar-refractivity contribution in [2.75, 3.05) is 12.3 Å². The molecule has 1 spiro atoms. The van der Waals surface area contributed by atoms with Crippen LogP contribution in [0.2, 0.25) is 0 Å². The predicted molar refractivity (Wildman–Crippen MR) is 102 cm³/mol. The number of imide groups is 1. The minimum absolute atomic E-state index is 0.0340. The Bertz CT molecular complexity index is 824. The first-order valence-electron chi connectivity index (χ1n) is 10.3. The number of carbonyl (C=O) groups excluding carboxylic acids is 3. The van der Waals surface area contributed by atoms with Gasteiger partial charge in [-0.2, -0.15) is 0 Å². The minimum atomic E-state index is -0.854. The van der Waals surface area contributed by atoms with E-state index in [1.807, 2.05) is 0 Å². The number of amides is 3. The fourth-order valence-corrected chi connectivity index (χ4v) is 5.44. The molecule has 150 valence electrons. The monoisotopic (exact) mass is 403 g/mol. The third-order valence-corrected chi connectivity index (χ3v) is 7.27. The lowest BCUT2D eigenvalue weighted by Crippen LogP contribution is -2.69. The Balaban J connectivity index is 1.33. The fraction of sp³-hybridized carbons (Fsp3) is 0.737. The highest BCUT2D eigenvalue weighted by atomic mass is 32.2. The normalized spacial score (nSPS) is 24.5. The molecule has 0 atom stereocenters. The smallest absolute Gasteiger partial charge is 0.252 e. The van der Waals surface area contributed by atoms with Crippen LogP contribution in [0.4, 0.5) is 0 Å². The number of hydrogen-bond donors (Lipinski definition) is 1. The van der Waals surface area contributed by atoms with Crippen molar-refractivity contribution in [1.82, 2.24) is 25.0 Å². The molecular formula is C19H25N5O3S. The molecule has 2 heterocycles. The molecule has 3 aliphatic carbocycles. The van der Waals surface area contributed by atoms with Crippen LogP contribution in [0, 0.1) is 0 Å². The van der Waals surface area contributed by atoms with Gasteiger partial charge in [0.15, 0.2) is 5.16 Å². The van der Waals surface area contributed by atoms with Crippen LogP contribution in [0.25, 0.3) is 0 Å². The Labute approximate surface area is 167 Å². The van der Waals surface area contributed by atoms with Crippen LogP contribution in [0.15, 0.2) is 5.16 Å². The number of carbonyl (C=O) groups is 3. The summed E-state index contributed by atoms with van der Waals surface area (Å²) in [5.74, 6) is 0.905. The molecule has 4 aliphatic rings. The molecule has 1 aliphatic heterocycles. The van der Waals surface area contributed by atoms with Crippen LogP contribution in [-0.4, -0.2) is 55.2 Å². The molecule has 3 saturated carbocycles. The lowest BCUT2D eigenvalue weighted by molar-refractivity contribution is -0.158. The van der Waals surface area contributed by atoms with E-state index in [4.69, 9.17) is 0 Å². The summed E-state index contributed by atoms with van der Waals surface area (Å²) in [5.41, 5.74) is -0.854. The summed E-state index contributed by atoms with van der Waals surface area (Å²) >= 11 is 1.39. The van der Waals surface area contributed by atoms with Gasteiger partial charge >= 0.3 is 0 Å². The van der Waals surface area contributed by atoms with Gasteiger partial charge in [-0.1, -0.05) is 31.0 Å². The average molecular weight is 404 g/mol. The first-order chi connectivity index (χ1) is 13.6. The van der Waals surface area contributed by atoms with E-state index in [-0.39, 0.29) is 24.1 Å². The predicted octanol–water partition coefficient (Wildman–Crippen LogP) is 1.77. The first kappa shape index (κ1) is 18.1. The Kier molecular flexibility index (Phi) is 4.45. The highest BCUT2D eigenvalue weighted by Crippen LogP contribution is 2.46. The van der Waals surface area contributed by atoms with Crippen LogP contribution in [0.5, 0.6) is 0 Å². The Hall–Kier alpha value is -1.90. The second-order valence-corrected chi connectivity index (χ2v) is 9.40. The van der Waals surface area contributed by atoms with Gasteiger partial charge in [0.2, 0.25) is 11.8 Å². The van der Waals surface area contributed by atoms with Gasteiger partial charge in [-0.3, -0.25) is 19.7 Å². The van der Waals surface area contributed by atoms with E-state index in [0.717, 1.165) is 43.1 Å². The standard InChI is InChI=1S/C19H25N5O3S/c25-14-10-23(19(17(27)20-14)8-2-1-3-9-19)15(26)11-28-18-22-21-16(12-4-5-12)24(18)13-6-7-13/h12-13H,1-11H2,(H,20,25,27). The number of piperazine rings is 1. The molecule has 4 fully saturated rings. The van der Waals surface area contributed by atoms with E-state index < -0.39 is 11.4 Å². The Morgan fingerprint density at radius 3 is 2.54 bits per heavy atom. The average Bonchev–Trinajstić information content (AvgIpc) is 3.62. The number of nitrogens with zero attached hydrogens (tertiary/aromatic N) is 4. The minimum Gasteiger partial charge on any atom is -0.318 e. The SMILES string of the molecule is O=C1CN(C(=O)CSc2nnc(C3CC3)n2C2CC2)C2(CCCCC2)C(=O)N1. The van der Waals surface area contributed by atoms with Crippen molar-refractivity contribution < 1.29 is 14.4 Å². The molecule has 0 unspecified atom stereocenters. The van der Waals surface area contributed by atoms with Crippen molar-refractivity contribution in [2.24, 2.45) is 0 Å². The lowest BCUT2D eigenvalue weighted by atomic mass is 9.78. The zero-order valence-corrected chi connectivity index (χ0v) is 16.7. The third kappa shape index (κ3) is 3.13. The van der Waals surface area contributed by atoms with Crippen LogP contribution in [-0.2, 0) is 14.4 Å². The van der Waals surface area contributed by atoms with Crippen LogP contribution in [0.1, 0.15) is 75.6 Å². The maximum atomic E-state index is 13.1. The molecule has 0 bridgehead atoms. The summed E-state index contributed by atoms with van der Waals surface area (Å²) in [4.78, 5) is 39.3. The third-order valence-electron chi connectivity index (χ3n) is 6.35. The topological polar surface area (TPSA) is 97.2 Å². The highest BCUT2D eigenvalue weighted by molar-refractivity contribution is 7.99. The Morgan fingerprint density at radius 2 is 1.86 bits per heavy atom. The van der Waals surface area contributed by atoms with Gasteiger partial charge in [0.1, 0.15) is 17.9 Å². The fourth-order valence-electron chi connectivity index (χ4n) is 4.55. The van der Waals surface area contributed by atoms with Gasteiger partial charge in [0.05, 0.1) is 5.75 Å². The van der Waals surface area contributed by atoms with Crippen molar-refractivity contribution in [3.05, 3.63) is 5.82 Å². The van der Waals surface area contributed by atoms with Gasteiger partial charge in [0, 0.05) is 12.0 Å². The molecule has 0 radical (unpaired) electrons. The van der Waals surface area contributed by atoms with Crippen molar-refractivity contribution in [1.29, 1.82) is 0 Å². The van der Waals surface area contributed by atoms with E-state index in [1.165, 1.54) is 24.6 Å². The number of nitrogens with one attached hydrogen (secondary N) is 1. The Morgan fingerprint density at radius 1 is 1.11 bits per heavy atom. The van der Waals surface area contributed by atoms with Crippen molar-refractivity contribution >= 4 is 29.5 Å². The van der Waals surface area contributed by atoms with Crippen molar-refractivity contribution in [3.8, 4) is 0 Å². The number of hydrogen-bond acceptors (Lipinski definition) is 6. The molecule has 1 aromatic heterocycles.